The van der Waals surface area contributed by atoms with Crippen LogP contribution in [-0.4, -0.2) is 32.3 Å². The van der Waals surface area contributed by atoms with E-state index in [1.165, 1.54) is 11.6 Å². The van der Waals surface area contributed by atoms with Gasteiger partial charge in [0.2, 0.25) is 5.82 Å². The molecule has 0 spiro atoms. The normalized spacial score (nSPS) is 16.5. The molecule has 1 amide bonds. The van der Waals surface area contributed by atoms with Gasteiger partial charge in [-0.15, -0.1) is 0 Å². The number of hydrogen-bond acceptors (Lipinski definition) is 5. The largest absolute Gasteiger partial charge is 0.451 e. The lowest BCUT2D eigenvalue weighted by Gasteiger charge is -2.30. The van der Waals surface area contributed by atoms with E-state index in [0.717, 1.165) is 41.4 Å². The second kappa shape index (κ2) is 8.22. The van der Waals surface area contributed by atoms with E-state index >= 15 is 0 Å². The number of carbonyl (C=O) groups is 1. The molecule has 0 atom stereocenters. The number of amides is 1. The minimum absolute atomic E-state index is 0.192. The van der Waals surface area contributed by atoms with Crippen molar-refractivity contribution in [2.75, 3.05) is 6.54 Å². The van der Waals surface area contributed by atoms with Gasteiger partial charge in [0, 0.05) is 25.8 Å². The maximum absolute atomic E-state index is 13.0. The molecule has 3 heterocycles. The number of halogens is 3. The molecule has 1 fully saturated rings. The number of fused-ring (bicyclic) bond motifs is 1. The van der Waals surface area contributed by atoms with Crippen LogP contribution in [0.15, 0.2) is 42.6 Å². The van der Waals surface area contributed by atoms with Crippen LogP contribution in [0.4, 0.5) is 13.2 Å². The van der Waals surface area contributed by atoms with Crippen molar-refractivity contribution in [3.05, 3.63) is 76.6 Å². The Kier molecular flexibility index (Phi) is 5.36. The van der Waals surface area contributed by atoms with Gasteiger partial charge in [0.25, 0.3) is 5.91 Å². The van der Waals surface area contributed by atoms with Crippen molar-refractivity contribution in [3.8, 4) is 11.1 Å². The Bertz CT molecular complexity index is 1220. The molecule has 1 aromatic carbocycles. The molecule has 9 heteroatoms. The Morgan fingerprint density at radius 1 is 1.12 bits per heavy atom. The third kappa shape index (κ3) is 4.45. The number of benzene rings is 1. The second-order valence-electron chi connectivity index (χ2n) is 8.54. The average Bonchev–Trinajstić information content (AvgIpc) is 3.63. The Labute approximate surface area is 188 Å². The molecule has 0 radical (unpaired) electrons. The fourth-order valence-corrected chi connectivity index (χ4v) is 4.44. The number of pyridine rings is 1. The van der Waals surface area contributed by atoms with E-state index in [9.17, 15) is 18.0 Å². The topological polar surface area (TPSA) is 85.0 Å². The standard InChI is InChI=1S/C24H22F3N5O/c25-24(26,27)23-29-9-7-15(30-23)12-32-10-8-18-19(11-20(22(28)33)31-21(18)13-32)17-4-2-1-3-16(17)14-5-6-14/h1-4,7,9,11,14H,5-6,8,10,12-13H2,(H2,28,33). The highest BCUT2D eigenvalue weighted by Gasteiger charge is 2.35. The van der Waals surface area contributed by atoms with Crippen LogP contribution in [-0.2, 0) is 25.7 Å². The van der Waals surface area contributed by atoms with E-state index in [1.54, 1.807) is 6.07 Å². The molecule has 6 nitrogen and oxygen atoms in total. The van der Waals surface area contributed by atoms with Crippen molar-refractivity contribution in [2.24, 2.45) is 5.73 Å². The molecule has 1 saturated carbocycles. The zero-order valence-corrected chi connectivity index (χ0v) is 17.8. The summed E-state index contributed by atoms with van der Waals surface area (Å²) in [6.45, 7) is 1.25. The van der Waals surface area contributed by atoms with Gasteiger partial charge >= 0.3 is 6.18 Å². The summed E-state index contributed by atoms with van der Waals surface area (Å²) in [6, 6.07) is 11.5. The number of aromatic nitrogens is 3. The molecule has 2 aromatic heterocycles. The summed E-state index contributed by atoms with van der Waals surface area (Å²) in [5.41, 5.74) is 11.2. The number of hydrogen-bond donors (Lipinski definition) is 1. The SMILES string of the molecule is NC(=O)c1cc(-c2ccccc2C2CC2)c2c(n1)CN(Cc1ccnc(C(F)(F)F)n1)CC2. The lowest BCUT2D eigenvalue weighted by molar-refractivity contribution is -0.145. The number of nitrogens with zero attached hydrogens (tertiary/aromatic N) is 4. The van der Waals surface area contributed by atoms with Crippen LogP contribution in [0.2, 0.25) is 0 Å². The minimum atomic E-state index is -4.59. The van der Waals surface area contributed by atoms with E-state index in [2.05, 4.69) is 27.1 Å². The second-order valence-corrected chi connectivity index (χ2v) is 8.54. The smallest absolute Gasteiger partial charge is 0.364 e. The van der Waals surface area contributed by atoms with Crippen LogP contribution < -0.4 is 5.73 Å². The first-order chi connectivity index (χ1) is 15.8. The van der Waals surface area contributed by atoms with E-state index in [-0.39, 0.29) is 17.9 Å². The molecular formula is C24H22F3N5O. The molecule has 3 aromatic rings. The van der Waals surface area contributed by atoms with Crippen molar-refractivity contribution in [1.29, 1.82) is 0 Å². The van der Waals surface area contributed by atoms with Gasteiger partial charge in [-0.1, -0.05) is 24.3 Å². The summed E-state index contributed by atoms with van der Waals surface area (Å²) >= 11 is 0. The Morgan fingerprint density at radius 2 is 1.91 bits per heavy atom. The van der Waals surface area contributed by atoms with Crippen LogP contribution in [0.1, 0.15) is 57.6 Å². The van der Waals surface area contributed by atoms with Crippen LogP contribution in [0.25, 0.3) is 11.1 Å². The molecule has 0 saturated heterocycles. The molecule has 170 valence electrons. The molecule has 1 aliphatic heterocycles. The highest BCUT2D eigenvalue weighted by atomic mass is 19.4. The predicted molar refractivity (Wildman–Crippen MR) is 115 cm³/mol. The first-order valence-corrected chi connectivity index (χ1v) is 10.8. The van der Waals surface area contributed by atoms with Crippen molar-refractivity contribution >= 4 is 5.91 Å². The van der Waals surface area contributed by atoms with Gasteiger partial charge in [0.1, 0.15) is 5.69 Å². The van der Waals surface area contributed by atoms with Crippen LogP contribution in [0.5, 0.6) is 0 Å². The van der Waals surface area contributed by atoms with Crippen LogP contribution in [0, 0.1) is 0 Å². The molecule has 5 rings (SSSR count). The molecule has 0 bridgehead atoms. The lowest BCUT2D eigenvalue weighted by atomic mass is 9.89. The van der Waals surface area contributed by atoms with Crippen molar-refractivity contribution in [2.45, 2.75) is 44.4 Å². The van der Waals surface area contributed by atoms with Gasteiger partial charge in [-0.25, -0.2) is 15.0 Å². The predicted octanol–water partition coefficient (Wildman–Crippen LogP) is 4.09. The van der Waals surface area contributed by atoms with Gasteiger partial charge < -0.3 is 5.73 Å². The quantitative estimate of drug-likeness (QED) is 0.629. The fraction of sp³-hybridized carbons (Fsp3) is 0.333. The fourth-order valence-electron chi connectivity index (χ4n) is 4.44. The summed E-state index contributed by atoms with van der Waals surface area (Å²) in [4.78, 5) is 25.5. The average molecular weight is 453 g/mol. The number of nitrogens with two attached hydrogens (primary N) is 1. The molecule has 2 aliphatic rings. The number of rotatable bonds is 5. The van der Waals surface area contributed by atoms with Gasteiger partial charge in [0.15, 0.2) is 0 Å². The Balaban J connectivity index is 1.48. The Hall–Kier alpha value is -3.33. The lowest BCUT2D eigenvalue weighted by Crippen LogP contribution is -2.32. The van der Waals surface area contributed by atoms with E-state index < -0.39 is 17.9 Å². The Morgan fingerprint density at radius 3 is 2.64 bits per heavy atom. The van der Waals surface area contributed by atoms with Gasteiger partial charge in [-0.2, -0.15) is 13.2 Å². The van der Waals surface area contributed by atoms with Gasteiger partial charge in [-0.3, -0.25) is 9.69 Å². The minimum Gasteiger partial charge on any atom is -0.364 e. The zero-order chi connectivity index (χ0) is 23.2. The van der Waals surface area contributed by atoms with Gasteiger partial charge in [-0.05, 0) is 59.6 Å². The van der Waals surface area contributed by atoms with Crippen LogP contribution in [0.3, 0.4) is 0 Å². The third-order valence-corrected chi connectivity index (χ3v) is 6.13. The number of carbonyl (C=O) groups excluding carboxylic acids is 1. The first-order valence-electron chi connectivity index (χ1n) is 10.8. The molecule has 2 N–H and O–H groups in total. The summed E-state index contributed by atoms with van der Waals surface area (Å²) in [7, 11) is 0. The first kappa shape index (κ1) is 21.5. The summed E-state index contributed by atoms with van der Waals surface area (Å²) in [6.07, 6.45) is -0.502. The summed E-state index contributed by atoms with van der Waals surface area (Å²) in [5.74, 6) is -1.22. The highest BCUT2D eigenvalue weighted by molar-refractivity contribution is 5.93. The van der Waals surface area contributed by atoms with E-state index in [0.29, 0.717) is 25.4 Å². The number of alkyl halides is 3. The maximum Gasteiger partial charge on any atom is 0.451 e. The molecule has 1 aliphatic carbocycles. The van der Waals surface area contributed by atoms with E-state index in [4.69, 9.17) is 5.73 Å². The summed E-state index contributed by atoms with van der Waals surface area (Å²) in [5, 5.41) is 0. The zero-order valence-electron chi connectivity index (χ0n) is 17.8. The van der Waals surface area contributed by atoms with Crippen molar-refractivity contribution in [3.63, 3.8) is 0 Å². The van der Waals surface area contributed by atoms with Crippen molar-refractivity contribution in [1.82, 2.24) is 19.9 Å². The third-order valence-electron chi connectivity index (χ3n) is 6.13. The summed E-state index contributed by atoms with van der Waals surface area (Å²) < 4.78 is 38.9. The molecule has 33 heavy (non-hydrogen) atoms. The highest BCUT2D eigenvalue weighted by Crippen LogP contribution is 2.45. The molecule has 0 unspecified atom stereocenters. The van der Waals surface area contributed by atoms with E-state index in [1.807, 2.05) is 17.0 Å². The van der Waals surface area contributed by atoms with Crippen LogP contribution >= 0.6 is 0 Å². The number of primary amides is 1. The molecular weight excluding hydrogens is 431 g/mol. The van der Waals surface area contributed by atoms with Gasteiger partial charge in [0.05, 0.1) is 11.4 Å². The maximum atomic E-state index is 13.0. The monoisotopic (exact) mass is 453 g/mol. The van der Waals surface area contributed by atoms with Crippen molar-refractivity contribution < 1.29 is 18.0 Å².